The number of carboxylic acid groups (broad SMARTS) is 6. The van der Waals surface area contributed by atoms with Crippen molar-refractivity contribution in [2.24, 2.45) is 5.73 Å². The molecule has 25 heteroatoms. The third kappa shape index (κ3) is 23.4. The Morgan fingerprint density at radius 2 is 0.824 bits per heavy atom. The lowest BCUT2D eigenvalue weighted by atomic mass is 10.0. The predicted octanol–water partition coefficient (Wildman–Crippen LogP) is -0.703. The van der Waals surface area contributed by atoms with Gasteiger partial charge >= 0.3 is 35.8 Å². The van der Waals surface area contributed by atoms with E-state index < -0.39 is 35.8 Å². The fourth-order valence-electron chi connectivity index (χ4n) is 7.68. The molecule has 0 saturated carbocycles. The molecule has 0 aromatic heterocycles. The number of nitrogens with one attached hydrogen (secondary N) is 4. The van der Waals surface area contributed by atoms with E-state index in [0.717, 1.165) is 22.5 Å². The average molecular weight is 994 g/mol. The Bertz CT molecular complexity index is 1970. The number of hydrogen-bond acceptors (Lipinski definition) is 15. The summed E-state index contributed by atoms with van der Waals surface area (Å²) >= 11 is 10.2. The second-order valence-corrected chi connectivity index (χ2v) is 16.8. The first-order valence-electron chi connectivity index (χ1n) is 21.4. The van der Waals surface area contributed by atoms with Crippen LogP contribution in [0.15, 0.2) is 48.5 Å². The van der Waals surface area contributed by atoms with Gasteiger partial charge in [-0.05, 0) is 72.7 Å². The van der Waals surface area contributed by atoms with E-state index in [2.05, 4.69) is 21.3 Å². The van der Waals surface area contributed by atoms with Crippen LogP contribution in [0.5, 0.6) is 0 Å². The number of anilines is 2. The zero-order valence-electron chi connectivity index (χ0n) is 37.4. The van der Waals surface area contributed by atoms with E-state index in [1.807, 2.05) is 48.5 Å². The Hall–Kier alpha value is -5.64. The van der Waals surface area contributed by atoms with Crippen LogP contribution >= 0.6 is 24.4 Å². The molecule has 0 bridgehead atoms. The van der Waals surface area contributed by atoms with Gasteiger partial charge in [0.2, 0.25) is 0 Å². The van der Waals surface area contributed by atoms with E-state index in [1.54, 1.807) is 36.4 Å². The van der Waals surface area contributed by atoms with Gasteiger partial charge in [-0.3, -0.25) is 58.2 Å². The Morgan fingerprint density at radius 1 is 0.515 bits per heavy atom. The van der Waals surface area contributed by atoms with E-state index in [4.69, 9.17) is 30.2 Å². The number of nitrogens with zero attached hydrogens (tertiary/aromatic N) is 6. The molecule has 2 heterocycles. The third-order valence-electron chi connectivity index (χ3n) is 10.8. The lowest BCUT2D eigenvalue weighted by molar-refractivity contribution is -0.140. The Morgan fingerprint density at radius 3 is 1.15 bits per heavy atom. The van der Waals surface area contributed by atoms with Gasteiger partial charge in [-0.25, -0.2) is 0 Å². The molecular formula is C43H67N11O12S2. The lowest BCUT2D eigenvalue weighted by Crippen LogP contribution is -2.49. The van der Waals surface area contributed by atoms with Crippen molar-refractivity contribution in [2.75, 3.05) is 129 Å². The molecule has 68 heavy (non-hydrogen) atoms. The summed E-state index contributed by atoms with van der Waals surface area (Å²) in [4.78, 5) is 78.9. The fraction of sp³-hybridized carbons (Fsp3) is 0.535. The van der Waals surface area contributed by atoms with Crippen molar-refractivity contribution in [3.8, 4) is 0 Å². The molecule has 2 aliphatic heterocycles. The van der Waals surface area contributed by atoms with Crippen molar-refractivity contribution in [2.45, 2.75) is 32.4 Å². The SMILES string of the molecule is C.CNC(=S)Nc1ccc(CC2CN(CC(=O)O)CCN(CC(=O)O)CCN2CC(=O)O)cc1.NCNC(=S)Nc1ccc(CC2CN(CC(=O)O)CCN(CC(=O)O)CCN2CC(=O)O)cc1. The second-order valence-electron chi connectivity index (χ2n) is 16.0. The standard InChI is InChI=1S/C21H32N6O6S.C21H31N5O6S.CH4/c22-14-23-21(34)24-16-3-1-15(2-4-16)9-17-10-26(12-19(30)31)6-5-25(11-18(28)29)7-8-27(17)13-20(32)33;1-22-21(33)23-16-4-2-15(3-5-16)10-17-11-25(13-19(29)30)7-6-24(12-18(27)28)8-9-26(17)14-20(31)32;/h1-4,17H,5-14,22H2,(H,28,29)(H,30,31)(H,32,33)(H2,23,24,34);2-5,17H,6-14H2,1H3,(H,27,28)(H,29,30)(H,31,32)(H2,22,23,33);1H4. The number of carbonyl (C=O) groups is 6. The van der Waals surface area contributed by atoms with Gasteiger partial charge in [0.05, 0.1) is 45.9 Å². The lowest BCUT2D eigenvalue weighted by Gasteiger charge is -2.33. The van der Waals surface area contributed by atoms with Crippen LogP contribution in [0.4, 0.5) is 11.4 Å². The minimum Gasteiger partial charge on any atom is -0.480 e. The molecule has 4 rings (SSSR count). The van der Waals surface area contributed by atoms with Gasteiger partial charge in [-0.1, -0.05) is 31.7 Å². The van der Waals surface area contributed by atoms with E-state index in [1.165, 1.54) is 0 Å². The molecule has 2 atom stereocenters. The summed E-state index contributed by atoms with van der Waals surface area (Å²) in [5.74, 6) is -5.94. The summed E-state index contributed by atoms with van der Waals surface area (Å²) in [6, 6.07) is 14.5. The summed E-state index contributed by atoms with van der Waals surface area (Å²) in [5.41, 5.74) is 8.90. The zero-order valence-corrected chi connectivity index (χ0v) is 39.1. The van der Waals surface area contributed by atoms with Crippen LogP contribution in [0.3, 0.4) is 0 Å². The van der Waals surface area contributed by atoms with Crippen molar-refractivity contribution in [3.63, 3.8) is 0 Å². The number of thiocarbonyl (C=S) groups is 2. The maximum atomic E-state index is 11.6. The number of aliphatic carboxylic acids is 6. The Kier molecular flexibility index (Phi) is 26.4. The molecule has 2 fully saturated rings. The van der Waals surface area contributed by atoms with Crippen LogP contribution in [0, 0.1) is 0 Å². The molecule has 2 aliphatic rings. The first-order valence-corrected chi connectivity index (χ1v) is 22.2. The molecule has 12 N–H and O–H groups in total. The fourth-order valence-corrected chi connectivity index (χ4v) is 8.00. The maximum Gasteiger partial charge on any atom is 0.317 e. The monoisotopic (exact) mass is 993 g/mol. The quantitative estimate of drug-likeness (QED) is 0.0612. The van der Waals surface area contributed by atoms with Gasteiger partial charge in [-0.15, -0.1) is 0 Å². The second kappa shape index (κ2) is 30.7. The maximum absolute atomic E-state index is 11.6. The number of nitrogens with two attached hydrogens (primary N) is 1. The predicted molar refractivity (Wildman–Crippen MR) is 263 cm³/mol. The van der Waals surface area contributed by atoms with Crippen LogP contribution < -0.4 is 27.0 Å². The highest BCUT2D eigenvalue weighted by Crippen LogP contribution is 2.18. The van der Waals surface area contributed by atoms with Crippen molar-refractivity contribution < 1.29 is 59.4 Å². The highest BCUT2D eigenvalue weighted by Gasteiger charge is 2.30. The highest BCUT2D eigenvalue weighted by atomic mass is 32.1. The van der Waals surface area contributed by atoms with Gasteiger partial charge in [-0.2, -0.15) is 0 Å². The van der Waals surface area contributed by atoms with Gasteiger partial charge in [0, 0.05) is 96.0 Å². The summed E-state index contributed by atoms with van der Waals surface area (Å²) < 4.78 is 0. The number of hydrogen-bond donors (Lipinski definition) is 11. The van der Waals surface area contributed by atoms with Gasteiger partial charge < -0.3 is 57.6 Å². The van der Waals surface area contributed by atoms with Crippen LogP contribution in [-0.4, -0.2) is 237 Å². The molecular weight excluding hydrogens is 927 g/mol. The van der Waals surface area contributed by atoms with Crippen molar-refractivity contribution in [3.05, 3.63) is 59.7 Å². The number of carboxylic acids is 6. The molecule has 2 saturated heterocycles. The molecule has 378 valence electrons. The normalized spacial score (nSPS) is 18.1. The number of benzene rings is 2. The molecule has 0 radical (unpaired) electrons. The summed E-state index contributed by atoms with van der Waals surface area (Å²) in [7, 11) is 1.72. The van der Waals surface area contributed by atoms with Crippen LogP contribution in [0.2, 0.25) is 0 Å². The molecule has 2 unspecified atom stereocenters. The first-order chi connectivity index (χ1) is 31.8. The zero-order chi connectivity index (χ0) is 49.5. The minimum atomic E-state index is -1.00. The average Bonchev–Trinajstić information content (AvgIpc) is 3.35. The third-order valence-corrected chi connectivity index (χ3v) is 11.4. The van der Waals surface area contributed by atoms with Gasteiger partial charge in [0.1, 0.15) is 0 Å². The summed E-state index contributed by atoms with van der Waals surface area (Å²) in [6.07, 6.45) is 1.01. The van der Waals surface area contributed by atoms with E-state index in [-0.39, 0.29) is 65.4 Å². The van der Waals surface area contributed by atoms with Crippen LogP contribution in [0.25, 0.3) is 0 Å². The summed E-state index contributed by atoms with van der Waals surface area (Å²) in [6.45, 7) is 2.62. The van der Waals surface area contributed by atoms with Crippen LogP contribution in [-0.2, 0) is 41.6 Å². The smallest absolute Gasteiger partial charge is 0.317 e. The molecule has 0 aliphatic carbocycles. The Balaban J connectivity index is 0.000000460. The largest absolute Gasteiger partial charge is 0.480 e. The van der Waals surface area contributed by atoms with Crippen molar-refractivity contribution in [1.29, 1.82) is 0 Å². The van der Waals surface area contributed by atoms with E-state index in [9.17, 15) is 59.4 Å². The molecule has 23 nitrogen and oxygen atoms in total. The molecule has 2 aromatic carbocycles. The topological polar surface area (TPSA) is 317 Å². The Labute approximate surface area is 406 Å². The first kappa shape index (κ1) is 58.5. The van der Waals surface area contributed by atoms with E-state index in [0.29, 0.717) is 88.5 Å². The highest BCUT2D eigenvalue weighted by molar-refractivity contribution is 7.80. The van der Waals surface area contributed by atoms with Gasteiger partial charge in [0.15, 0.2) is 10.2 Å². The summed E-state index contributed by atoms with van der Waals surface area (Å²) in [5, 5.41) is 68.6. The molecule has 0 spiro atoms. The molecule has 2 aromatic rings. The van der Waals surface area contributed by atoms with Crippen LogP contribution in [0.1, 0.15) is 18.6 Å². The van der Waals surface area contributed by atoms with E-state index >= 15 is 0 Å². The number of rotatable bonds is 19. The minimum absolute atomic E-state index is 0. The van der Waals surface area contributed by atoms with Gasteiger partial charge in [0.25, 0.3) is 0 Å². The van der Waals surface area contributed by atoms with Crippen molar-refractivity contribution in [1.82, 2.24) is 40.0 Å². The molecule has 0 amide bonds. The van der Waals surface area contributed by atoms with Crippen molar-refractivity contribution >= 4 is 81.9 Å².